The second-order valence-electron chi connectivity index (χ2n) is 12.9. The molecule has 1 atom stereocenters. The first kappa shape index (κ1) is 34.2. The van der Waals surface area contributed by atoms with Crippen LogP contribution in [0.4, 0.5) is 5.69 Å². The minimum atomic E-state index is -0.647. The number of halogens is 2. The zero-order valence-corrected chi connectivity index (χ0v) is 30.1. The van der Waals surface area contributed by atoms with Crippen LogP contribution in [0.2, 0.25) is 0 Å². The molecule has 1 aromatic heterocycles. The second-order valence-corrected chi connectivity index (χ2v) is 14.6. The highest BCUT2D eigenvalue weighted by Crippen LogP contribution is 2.31. The highest BCUT2D eigenvalue weighted by molar-refractivity contribution is 9.11. The molecule has 3 aliphatic heterocycles. The minimum absolute atomic E-state index is 0.00629. The molecule has 0 saturated carbocycles. The van der Waals surface area contributed by atoms with E-state index in [1.54, 1.807) is 0 Å². The number of hydrogen-bond acceptors (Lipinski definition) is 7. The van der Waals surface area contributed by atoms with E-state index in [4.69, 9.17) is 5.73 Å². The third kappa shape index (κ3) is 7.96. The first-order valence-electron chi connectivity index (χ1n) is 16.8. The first-order chi connectivity index (χ1) is 23.3. The summed E-state index contributed by atoms with van der Waals surface area (Å²) in [4.78, 5) is 40.7. The Morgan fingerprint density at radius 1 is 0.979 bits per heavy atom. The van der Waals surface area contributed by atoms with Gasteiger partial charge in [-0.2, -0.15) is 5.26 Å². The van der Waals surface area contributed by atoms with Crippen LogP contribution >= 0.6 is 31.9 Å². The molecule has 3 aromatic rings. The molecule has 12 nitrogen and oxygen atoms in total. The van der Waals surface area contributed by atoms with Crippen molar-refractivity contribution in [3.05, 3.63) is 67.5 Å². The molecule has 3 aliphatic rings. The molecule has 4 heterocycles. The molecule has 2 aromatic carbocycles. The van der Waals surface area contributed by atoms with Gasteiger partial charge >= 0.3 is 5.69 Å². The van der Waals surface area contributed by atoms with Crippen LogP contribution < -0.4 is 16.7 Å². The number of likely N-dealkylation sites (tertiary alicyclic amines) is 3. The number of carbonyl (C=O) groups excluding carboxylic acids is 1. The Hall–Kier alpha value is -3.67. The summed E-state index contributed by atoms with van der Waals surface area (Å²) in [5, 5.41) is 17.7. The zero-order chi connectivity index (χ0) is 33.6. The predicted octanol–water partition coefficient (Wildman–Crippen LogP) is 4.50. The Balaban J connectivity index is 1.16. The number of carbonyl (C=O) groups is 1. The number of aromatic nitrogens is 3. The molecular weight excluding hydrogens is 740 g/mol. The number of guanidine groups is 1. The number of anilines is 1. The topological polar surface area (TPSA) is 152 Å². The molecule has 3 fully saturated rings. The molecule has 0 aliphatic carbocycles. The monoisotopic (exact) mass is 780 g/mol. The molecule has 0 spiro atoms. The number of nitrogens with two attached hydrogens (primary N) is 1. The molecule has 3 saturated heterocycles. The smallest absolute Gasteiger partial charge is 0.343 e. The van der Waals surface area contributed by atoms with E-state index in [-0.39, 0.29) is 17.6 Å². The maximum Gasteiger partial charge on any atom is 0.343 e. The van der Waals surface area contributed by atoms with Crippen LogP contribution in [-0.4, -0.2) is 92.7 Å². The van der Waals surface area contributed by atoms with Gasteiger partial charge in [-0.05, 0) is 101 Å². The standard InChI is InChI=1S/C34H42Br2N10O2/c35-27-19-23(20-28(36)30(27)38)21-29(32(47)44-15-9-25(10-16-44)43-13-5-2-6-14-43)40-33(39-22-37)45-17-11-26(12-18-45)46-34(48)41-31(42-46)24-7-3-1-4-8-24/h1,3-4,7-8,19-20,25-26,29H,2,5-6,9-18,21,38H2,(H,39,40)(H,41,42,48)/t29-/m1/s1. The maximum atomic E-state index is 14.2. The highest BCUT2D eigenvalue weighted by atomic mass is 79.9. The summed E-state index contributed by atoms with van der Waals surface area (Å²) in [5.41, 5.74) is 8.28. The molecule has 254 valence electrons. The van der Waals surface area contributed by atoms with Crippen molar-refractivity contribution in [1.29, 1.82) is 5.26 Å². The SMILES string of the molecule is N#CN=C(N[C@H](Cc1cc(Br)c(N)c(Br)c1)C(=O)N1CCC(N2CCCCC2)CC1)N1CCC(n2nc(-c3ccccc3)[nH]c2=O)CC1. The predicted molar refractivity (Wildman–Crippen MR) is 193 cm³/mol. The first-order valence-corrected chi connectivity index (χ1v) is 18.4. The fourth-order valence-electron chi connectivity index (χ4n) is 7.18. The number of amides is 1. The highest BCUT2D eigenvalue weighted by Gasteiger charge is 2.33. The third-order valence-electron chi connectivity index (χ3n) is 9.82. The summed E-state index contributed by atoms with van der Waals surface area (Å²) in [6.45, 7) is 4.78. The molecule has 14 heteroatoms. The fraction of sp³-hybridized carbons (Fsp3) is 0.500. The molecule has 48 heavy (non-hydrogen) atoms. The number of hydrogen-bond donors (Lipinski definition) is 3. The van der Waals surface area contributed by atoms with Crippen molar-refractivity contribution in [2.75, 3.05) is 45.0 Å². The van der Waals surface area contributed by atoms with Gasteiger partial charge in [0.2, 0.25) is 18.1 Å². The van der Waals surface area contributed by atoms with Gasteiger partial charge in [-0.1, -0.05) is 36.8 Å². The number of piperidine rings is 3. The lowest BCUT2D eigenvalue weighted by atomic mass is 9.98. The van der Waals surface area contributed by atoms with E-state index in [1.807, 2.05) is 58.5 Å². The average molecular weight is 783 g/mol. The van der Waals surface area contributed by atoms with Crippen LogP contribution in [0.5, 0.6) is 0 Å². The van der Waals surface area contributed by atoms with Crippen molar-refractivity contribution >= 4 is 49.4 Å². The molecule has 0 bridgehead atoms. The number of nitrogens with one attached hydrogen (secondary N) is 2. The number of aromatic amines is 1. The molecule has 1 amide bonds. The Labute approximate surface area is 297 Å². The summed E-state index contributed by atoms with van der Waals surface area (Å²) in [7, 11) is 0. The number of nitriles is 1. The largest absolute Gasteiger partial charge is 0.397 e. The second kappa shape index (κ2) is 15.7. The quantitative estimate of drug-likeness (QED) is 0.137. The van der Waals surface area contributed by atoms with Gasteiger partial charge in [0.1, 0.15) is 6.04 Å². The van der Waals surface area contributed by atoms with E-state index in [0.717, 1.165) is 46.0 Å². The van der Waals surface area contributed by atoms with Gasteiger partial charge in [0.15, 0.2) is 5.82 Å². The van der Waals surface area contributed by atoms with Crippen LogP contribution in [0.3, 0.4) is 0 Å². The third-order valence-corrected chi connectivity index (χ3v) is 11.1. The summed E-state index contributed by atoms with van der Waals surface area (Å²) < 4.78 is 3.03. The Kier molecular flexibility index (Phi) is 11.2. The van der Waals surface area contributed by atoms with Crippen LogP contribution in [0, 0.1) is 11.5 Å². The summed E-state index contributed by atoms with van der Waals surface area (Å²) in [5.74, 6) is 0.900. The average Bonchev–Trinajstić information content (AvgIpc) is 3.52. The van der Waals surface area contributed by atoms with E-state index < -0.39 is 6.04 Å². The van der Waals surface area contributed by atoms with Gasteiger partial charge in [0, 0.05) is 53.2 Å². The van der Waals surface area contributed by atoms with Crippen LogP contribution in [0.25, 0.3) is 11.4 Å². The van der Waals surface area contributed by atoms with Crippen LogP contribution in [0.1, 0.15) is 56.6 Å². The number of nitrogens with zero attached hydrogens (tertiary/aromatic N) is 7. The van der Waals surface area contributed by atoms with Crippen molar-refractivity contribution in [3.63, 3.8) is 0 Å². The molecule has 0 unspecified atom stereocenters. The van der Waals surface area contributed by atoms with Crippen molar-refractivity contribution in [2.24, 2.45) is 4.99 Å². The Morgan fingerprint density at radius 2 is 1.60 bits per heavy atom. The summed E-state index contributed by atoms with van der Waals surface area (Å²) in [6, 6.07) is 13.2. The summed E-state index contributed by atoms with van der Waals surface area (Å²) >= 11 is 7.09. The van der Waals surface area contributed by atoms with Gasteiger partial charge in [-0.15, -0.1) is 10.1 Å². The minimum Gasteiger partial charge on any atom is -0.397 e. The fourth-order valence-corrected chi connectivity index (χ4v) is 8.46. The molecule has 4 N–H and O–H groups in total. The van der Waals surface area contributed by atoms with E-state index in [9.17, 15) is 14.9 Å². The molecule has 0 radical (unpaired) electrons. The van der Waals surface area contributed by atoms with Gasteiger partial charge in [-0.3, -0.25) is 9.78 Å². The lowest BCUT2D eigenvalue weighted by Gasteiger charge is -2.41. The van der Waals surface area contributed by atoms with Gasteiger partial charge in [0.05, 0.1) is 11.7 Å². The number of rotatable bonds is 7. The summed E-state index contributed by atoms with van der Waals surface area (Å²) in [6.07, 6.45) is 9.32. The molecule has 6 rings (SSSR count). The van der Waals surface area contributed by atoms with Gasteiger partial charge < -0.3 is 25.8 Å². The number of aliphatic imine (C=N–C) groups is 1. The molecular formula is C34H42Br2N10O2. The van der Waals surface area contributed by atoms with Crippen molar-refractivity contribution in [2.45, 2.75) is 69.5 Å². The van der Waals surface area contributed by atoms with E-state index in [0.29, 0.717) is 69.0 Å². The van der Waals surface area contributed by atoms with Crippen molar-refractivity contribution < 1.29 is 4.79 Å². The van der Waals surface area contributed by atoms with Crippen molar-refractivity contribution in [1.82, 2.24) is 34.8 Å². The number of benzene rings is 2. The van der Waals surface area contributed by atoms with E-state index >= 15 is 0 Å². The lowest BCUT2D eigenvalue weighted by Crippen LogP contribution is -2.57. The van der Waals surface area contributed by atoms with Gasteiger partial charge in [0.25, 0.3) is 0 Å². The van der Waals surface area contributed by atoms with Crippen LogP contribution in [-0.2, 0) is 11.2 Å². The van der Waals surface area contributed by atoms with Crippen molar-refractivity contribution in [3.8, 4) is 17.6 Å². The van der Waals surface area contributed by atoms with Crippen LogP contribution in [0.15, 0.2) is 61.2 Å². The number of H-pyrrole nitrogens is 1. The lowest BCUT2D eigenvalue weighted by molar-refractivity contribution is -0.134. The maximum absolute atomic E-state index is 14.2. The van der Waals surface area contributed by atoms with Gasteiger partial charge in [-0.25, -0.2) is 9.48 Å². The zero-order valence-electron chi connectivity index (χ0n) is 27.0. The normalized spacial score (nSPS) is 19.2. The van der Waals surface area contributed by atoms with E-state index in [1.165, 1.54) is 23.9 Å². The Morgan fingerprint density at radius 3 is 2.25 bits per heavy atom. The number of nitrogen functional groups attached to an aromatic ring is 1. The Bertz CT molecular complexity index is 1670. The van der Waals surface area contributed by atoms with E-state index in [2.05, 4.69) is 57.2 Å².